The topological polar surface area (TPSA) is 36.4 Å². The summed E-state index contributed by atoms with van der Waals surface area (Å²) in [5.74, 6) is -1.97. The number of benzene rings is 2. The van der Waals surface area contributed by atoms with Gasteiger partial charge in [-0.15, -0.1) is 0 Å². The average molecular weight is 383 g/mol. The fraction of sp³-hybridized carbons (Fsp3) is 0.273. The molecular formula is C22H23F2N3O. The zero-order valence-corrected chi connectivity index (χ0v) is 16.2. The summed E-state index contributed by atoms with van der Waals surface area (Å²) in [4.78, 5) is 21.5. The second kappa shape index (κ2) is 8.44. The highest BCUT2D eigenvalue weighted by Crippen LogP contribution is 2.21. The molecule has 0 fully saturated rings. The van der Waals surface area contributed by atoms with Gasteiger partial charge in [-0.2, -0.15) is 0 Å². The summed E-state index contributed by atoms with van der Waals surface area (Å²) in [6.07, 6.45) is 0. The van der Waals surface area contributed by atoms with Gasteiger partial charge in [0.2, 0.25) is 0 Å². The summed E-state index contributed by atoms with van der Waals surface area (Å²) in [5, 5.41) is 0.776. The molecule has 0 radical (unpaired) electrons. The Kier molecular flexibility index (Phi) is 5.99. The first-order valence-corrected chi connectivity index (χ1v) is 9.09. The third-order valence-electron chi connectivity index (χ3n) is 4.54. The zero-order valence-electron chi connectivity index (χ0n) is 16.2. The Hall–Kier alpha value is -2.86. The van der Waals surface area contributed by atoms with E-state index in [0.717, 1.165) is 28.7 Å². The zero-order chi connectivity index (χ0) is 20.3. The van der Waals surface area contributed by atoms with Gasteiger partial charge in [-0.3, -0.25) is 9.78 Å². The van der Waals surface area contributed by atoms with Crippen molar-refractivity contribution in [3.8, 4) is 0 Å². The van der Waals surface area contributed by atoms with E-state index in [2.05, 4.69) is 4.98 Å². The molecule has 1 heterocycles. The fourth-order valence-electron chi connectivity index (χ4n) is 3.09. The molecular weight excluding hydrogens is 360 g/mol. The van der Waals surface area contributed by atoms with Crippen molar-refractivity contribution in [2.24, 2.45) is 0 Å². The van der Waals surface area contributed by atoms with Gasteiger partial charge >= 0.3 is 0 Å². The minimum Gasteiger partial charge on any atom is -0.333 e. The van der Waals surface area contributed by atoms with Crippen LogP contribution in [0.3, 0.4) is 0 Å². The van der Waals surface area contributed by atoms with E-state index in [4.69, 9.17) is 0 Å². The van der Waals surface area contributed by atoms with Crippen LogP contribution in [0.15, 0.2) is 48.5 Å². The van der Waals surface area contributed by atoms with Crippen LogP contribution < -0.4 is 0 Å². The van der Waals surface area contributed by atoms with E-state index in [1.165, 1.54) is 6.07 Å². The molecule has 2 aromatic carbocycles. The fourth-order valence-corrected chi connectivity index (χ4v) is 3.09. The van der Waals surface area contributed by atoms with Crippen LogP contribution in [0.4, 0.5) is 8.78 Å². The third-order valence-corrected chi connectivity index (χ3v) is 4.54. The number of likely N-dealkylation sites (N-methyl/N-ethyl adjacent to an activating group) is 1. The number of halogens is 2. The van der Waals surface area contributed by atoms with Gasteiger partial charge in [0.05, 0.1) is 11.1 Å². The van der Waals surface area contributed by atoms with Gasteiger partial charge in [-0.1, -0.05) is 24.3 Å². The van der Waals surface area contributed by atoms with Gasteiger partial charge in [0, 0.05) is 30.7 Å². The standard InChI is InChI=1S/C22H23F2N3O/c1-15-12-18(17-6-4-5-7-21(17)25-15)22(28)27(11-10-26(2)3)14-16-8-9-19(23)20(24)13-16/h4-9,12-13H,10-11,14H2,1-3H3. The second-order valence-electron chi connectivity index (χ2n) is 7.11. The largest absolute Gasteiger partial charge is 0.333 e. The van der Waals surface area contributed by atoms with E-state index >= 15 is 0 Å². The van der Waals surface area contributed by atoms with Crippen LogP contribution >= 0.6 is 0 Å². The lowest BCUT2D eigenvalue weighted by molar-refractivity contribution is 0.0733. The van der Waals surface area contributed by atoms with Crippen molar-refractivity contribution in [1.82, 2.24) is 14.8 Å². The molecule has 3 aromatic rings. The van der Waals surface area contributed by atoms with Crippen LogP contribution in [0.2, 0.25) is 0 Å². The molecule has 0 saturated heterocycles. The number of carbonyl (C=O) groups is 1. The first-order chi connectivity index (χ1) is 13.3. The lowest BCUT2D eigenvalue weighted by Crippen LogP contribution is -2.36. The summed E-state index contributed by atoms with van der Waals surface area (Å²) in [6.45, 7) is 3.15. The molecule has 0 bridgehead atoms. The molecule has 0 aliphatic heterocycles. The summed E-state index contributed by atoms with van der Waals surface area (Å²) in [7, 11) is 3.85. The SMILES string of the molecule is Cc1cc(C(=O)N(CCN(C)C)Cc2ccc(F)c(F)c2)c2ccccc2n1. The van der Waals surface area contributed by atoms with Crippen molar-refractivity contribution in [3.63, 3.8) is 0 Å². The van der Waals surface area contributed by atoms with Crippen LogP contribution in [-0.2, 0) is 6.54 Å². The van der Waals surface area contributed by atoms with E-state index in [-0.39, 0.29) is 12.5 Å². The predicted molar refractivity (Wildman–Crippen MR) is 106 cm³/mol. The summed E-state index contributed by atoms with van der Waals surface area (Å²) < 4.78 is 26.9. The van der Waals surface area contributed by atoms with Crippen molar-refractivity contribution in [2.45, 2.75) is 13.5 Å². The average Bonchev–Trinajstić information content (AvgIpc) is 2.66. The Balaban J connectivity index is 1.97. The molecule has 0 spiro atoms. The maximum atomic E-state index is 13.6. The highest BCUT2D eigenvalue weighted by Gasteiger charge is 2.20. The maximum Gasteiger partial charge on any atom is 0.254 e. The van der Waals surface area contributed by atoms with Gasteiger partial charge in [-0.25, -0.2) is 8.78 Å². The highest BCUT2D eigenvalue weighted by molar-refractivity contribution is 6.06. The number of pyridine rings is 1. The lowest BCUT2D eigenvalue weighted by atomic mass is 10.1. The molecule has 0 N–H and O–H groups in total. The Morgan fingerprint density at radius 3 is 2.46 bits per heavy atom. The van der Waals surface area contributed by atoms with Crippen molar-refractivity contribution in [2.75, 3.05) is 27.2 Å². The molecule has 0 unspecified atom stereocenters. The number of aryl methyl sites for hydroxylation is 1. The quantitative estimate of drug-likeness (QED) is 0.645. The number of para-hydroxylation sites is 1. The van der Waals surface area contributed by atoms with Crippen molar-refractivity contribution in [3.05, 3.63) is 77.0 Å². The van der Waals surface area contributed by atoms with Crippen molar-refractivity contribution >= 4 is 16.8 Å². The first kappa shape index (κ1) is 19.9. The molecule has 0 aliphatic carbocycles. The van der Waals surface area contributed by atoms with Gasteiger partial charge < -0.3 is 9.80 Å². The van der Waals surface area contributed by atoms with E-state index in [0.29, 0.717) is 24.2 Å². The number of rotatable bonds is 6. The number of carbonyl (C=O) groups excluding carboxylic acids is 1. The molecule has 1 amide bonds. The summed E-state index contributed by atoms with van der Waals surface area (Å²) in [5.41, 5.74) is 2.61. The highest BCUT2D eigenvalue weighted by atomic mass is 19.2. The van der Waals surface area contributed by atoms with Crippen LogP contribution in [0.25, 0.3) is 10.9 Å². The molecule has 0 aliphatic rings. The lowest BCUT2D eigenvalue weighted by Gasteiger charge is -2.25. The molecule has 3 rings (SSSR count). The monoisotopic (exact) mass is 383 g/mol. The van der Waals surface area contributed by atoms with E-state index in [1.54, 1.807) is 11.0 Å². The Morgan fingerprint density at radius 1 is 1.00 bits per heavy atom. The number of aromatic nitrogens is 1. The van der Waals surface area contributed by atoms with Gasteiger partial charge in [-0.05, 0) is 50.8 Å². The first-order valence-electron chi connectivity index (χ1n) is 9.09. The van der Waals surface area contributed by atoms with Crippen LogP contribution in [-0.4, -0.2) is 47.9 Å². The number of amides is 1. The van der Waals surface area contributed by atoms with E-state index in [1.807, 2.05) is 50.2 Å². The summed E-state index contributed by atoms with van der Waals surface area (Å²) >= 11 is 0. The molecule has 0 saturated carbocycles. The molecule has 28 heavy (non-hydrogen) atoms. The van der Waals surface area contributed by atoms with Gasteiger partial charge in [0.15, 0.2) is 11.6 Å². The molecule has 1 aromatic heterocycles. The van der Waals surface area contributed by atoms with Crippen molar-refractivity contribution < 1.29 is 13.6 Å². The number of hydrogen-bond donors (Lipinski definition) is 0. The second-order valence-corrected chi connectivity index (χ2v) is 7.11. The van der Waals surface area contributed by atoms with E-state index in [9.17, 15) is 13.6 Å². The molecule has 0 atom stereocenters. The minimum absolute atomic E-state index is 0.159. The molecule has 6 heteroatoms. The maximum absolute atomic E-state index is 13.6. The van der Waals surface area contributed by atoms with E-state index < -0.39 is 11.6 Å². The van der Waals surface area contributed by atoms with Gasteiger partial charge in [0.25, 0.3) is 5.91 Å². The predicted octanol–water partition coefficient (Wildman–Crippen LogP) is 4.03. The van der Waals surface area contributed by atoms with Crippen molar-refractivity contribution in [1.29, 1.82) is 0 Å². The Labute approximate surface area is 163 Å². The number of fused-ring (bicyclic) bond motifs is 1. The summed E-state index contributed by atoms with van der Waals surface area (Å²) in [6, 6.07) is 13.0. The Morgan fingerprint density at radius 2 is 1.75 bits per heavy atom. The van der Waals surface area contributed by atoms with Gasteiger partial charge in [0.1, 0.15) is 0 Å². The van der Waals surface area contributed by atoms with Crippen LogP contribution in [0, 0.1) is 18.6 Å². The third kappa shape index (κ3) is 4.51. The smallest absolute Gasteiger partial charge is 0.254 e. The molecule has 4 nitrogen and oxygen atoms in total. The van der Waals surface area contributed by atoms with Crippen LogP contribution in [0.5, 0.6) is 0 Å². The minimum atomic E-state index is -0.914. The number of hydrogen-bond acceptors (Lipinski definition) is 3. The number of nitrogens with zero attached hydrogens (tertiary/aromatic N) is 3. The normalized spacial score (nSPS) is 11.2. The molecule has 146 valence electrons. The van der Waals surface area contributed by atoms with Crippen LogP contribution in [0.1, 0.15) is 21.6 Å². The Bertz CT molecular complexity index is 1000.